The molecule has 15 heavy (non-hydrogen) atoms. The average Bonchev–Trinajstić information content (AvgIpc) is 2.63. The summed E-state index contributed by atoms with van der Waals surface area (Å²) < 4.78 is 4.86. The topological polar surface area (TPSA) is 72.0 Å². The highest BCUT2D eigenvalue weighted by molar-refractivity contribution is 7.99. The maximum atomic E-state index is 11.4. The number of hydrogen-bond donors (Lipinski definition) is 2. The van der Waals surface area contributed by atoms with Gasteiger partial charge in [0, 0.05) is 5.92 Å². The summed E-state index contributed by atoms with van der Waals surface area (Å²) in [5.74, 6) is 2.79. The van der Waals surface area contributed by atoms with Crippen molar-refractivity contribution in [3.05, 3.63) is 21.7 Å². The molecule has 1 aromatic rings. The van der Waals surface area contributed by atoms with Crippen molar-refractivity contribution in [2.75, 3.05) is 18.1 Å². The molecule has 0 radical (unpaired) electrons. The summed E-state index contributed by atoms with van der Waals surface area (Å²) in [6.45, 7) is 0.497. The van der Waals surface area contributed by atoms with Gasteiger partial charge in [-0.25, -0.2) is 9.95 Å². The average molecular weight is 228 g/mol. The van der Waals surface area contributed by atoms with Crippen molar-refractivity contribution in [3.63, 3.8) is 0 Å². The van der Waals surface area contributed by atoms with E-state index in [0.29, 0.717) is 18.9 Å². The van der Waals surface area contributed by atoms with E-state index in [9.17, 15) is 4.79 Å². The summed E-state index contributed by atoms with van der Waals surface area (Å²) in [4.78, 5) is 11.4. The Morgan fingerprint density at radius 2 is 2.20 bits per heavy atom. The van der Waals surface area contributed by atoms with E-state index in [1.54, 1.807) is 0 Å². The Labute approximate surface area is 92.6 Å². The van der Waals surface area contributed by atoms with E-state index in [0.717, 1.165) is 24.1 Å². The van der Waals surface area contributed by atoms with Crippen LogP contribution >= 0.6 is 11.8 Å². The summed E-state index contributed by atoms with van der Waals surface area (Å²) in [6, 6.07) is 0. The largest absolute Gasteiger partial charge is 0.360 e. The molecule has 0 spiro atoms. The van der Waals surface area contributed by atoms with Crippen molar-refractivity contribution in [2.45, 2.75) is 25.2 Å². The first-order chi connectivity index (χ1) is 7.33. The lowest BCUT2D eigenvalue weighted by Crippen LogP contribution is -2.15. The van der Waals surface area contributed by atoms with E-state index in [1.807, 2.05) is 11.8 Å². The van der Waals surface area contributed by atoms with Gasteiger partial charge in [0.05, 0.1) is 11.3 Å². The Kier molecular flexibility index (Phi) is 3.53. The smallest absolute Gasteiger partial charge is 0.339 e. The Hall–Kier alpha value is -0.680. The number of rotatable bonds is 3. The van der Waals surface area contributed by atoms with E-state index >= 15 is 0 Å². The minimum Gasteiger partial charge on any atom is -0.339 e. The van der Waals surface area contributed by atoms with Crippen molar-refractivity contribution in [1.82, 2.24) is 5.16 Å². The monoisotopic (exact) mass is 228 g/mol. The number of nitrogens with one attached hydrogen (secondary N) is 1. The van der Waals surface area contributed by atoms with Crippen LogP contribution in [0.15, 0.2) is 9.32 Å². The number of hydrogen-bond acceptors (Lipinski definition) is 4. The van der Waals surface area contributed by atoms with Gasteiger partial charge in [0.2, 0.25) is 0 Å². The first kappa shape index (κ1) is 10.8. The van der Waals surface area contributed by atoms with Crippen molar-refractivity contribution >= 4 is 11.8 Å². The van der Waals surface area contributed by atoms with Gasteiger partial charge in [-0.2, -0.15) is 11.8 Å². The highest BCUT2D eigenvalue weighted by Gasteiger charge is 2.22. The number of aromatic amines is 1. The van der Waals surface area contributed by atoms with Crippen LogP contribution in [0.25, 0.3) is 0 Å². The minimum absolute atomic E-state index is 0.242. The van der Waals surface area contributed by atoms with E-state index in [2.05, 4.69) is 5.16 Å². The molecule has 0 saturated carbocycles. The third-order valence-electron chi connectivity index (χ3n) is 2.85. The van der Waals surface area contributed by atoms with Crippen molar-refractivity contribution < 1.29 is 4.52 Å². The maximum absolute atomic E-state index is 11.4. The van der Waals surface area contributed by atoms with Gasteiger partial charge in [0.25, 0.3) is 0 Å². The highest BCUT2D eigenvalue weighted by Crippen LogP contribution is 2.31. The van der Waals surface area contributed by atoms with E-state index < -0.39 is 0 Å². The fraction of sp³-hybridized carbons (Fsp3) is 0.700. The van der Waals surface area contributed by atoms with Gasteiger partial charge in [0.1, 0.15) is 0 Å². The van der Waals surface area contributed by atoms with E-state index in [4.69, 9.17) is 10.3 Å². The zero-order valence-electron chi connectivity index (χ0n) is 8.62. The molecule has 3 N–H and O–H groups in total. The van der Waals surface area contributed by atoms with Crippen LogP contribution < -0.4 is 11.4 Å². The second-order valence-corrected chi connectivity index (χ2v) is 5.03. The first-order valence-corrected chi connectivity index (χ1v) is 6.46. The van der Waals surface area contributed by atoms with Crippen LogP contribution in [0.3, 0.4) is 0 Å². The molecule has 1 aliphatic heterocycles. The third kappa shape index (κ3) is 2.29. The van der Waals surface area contributed by atoms with Crippen molar-refractivity contribution in [1.29, 1.82) is 0 Å². The summed E-state index contributed by atoms with van der Waals surface area (Å²) >= 11 is 1.97. The highest BCUT2D eigenvalue weighted by atomic mass is 32.2. The maximum Gasteiger partial charge on any atom is 0.360 e. The first-order valence-electron chi connectivity index (χ1n) is 5.31. The van der Waals surface area contributed by atoms with Crippen LogP contribution in [0.4, 0.5) is 0 Å². The molecule has 2 heterocycles. The number of aromatic nitrogens is 1. The zero-order valence-corrected chi connectivity index (χ0v) is 9.44. The molecule has 1 aromatic heterocycles. The lowest BCUT2D eigenvalue weighted by Gasteiger charge is -2.20. The van der Waals surface area contributed by atoms with Crippen LogP contribution in [-0.2, 0) is 6.42 Å². The second kappa shape index (κ2) is 4.90. The normalized spacial score (nSPS) is 18.2. The molecule has 0 aliphatic carbocycles. The number of nitrogens with two attached hydrogens (primary N) is 1. The number of thioether (sulfide) groups is 1. The molecule has 1 fully saturated rings. The molecular formula is C10H16N2O2S. The lowest BCUT2D eigenvalue weighted by molar-refractivity contribution is 0.377. The molecule has 5 heteroatoms. The predicted octanol–water partition coefficient (Wildman–Crippen LogP) is 1.08. The molecule has 1 saturated heterocycles. The Morgan fingerprint density at radius 1 is 1.47 bits per heavy atom. The molecule has 2 rings (SSSR count). The van der Waals surface area contributed by atoms with Crippen LogP contribution in [0.5, 0.6) is 0 Å². The SMILES string of the molecule is NCCc1c(C2CCSCC2)[nH]oc1=O. The van der Waals surface area contributed by atoms with Gasteiger partial charge >= 0.3 is 5.63 Å². The predicted molar refractivity (Wildman–Crippen MR) is 61.4 cm³/mol. The van der Waals surface area contributed by atoms with Gasteiger partial charge in [0.15, 0.2) is 0 Å². The Bertz CT molecular complexity index is 366. The minimum atomic E-state index is -0.242. The molecule has 0 unspecified atom stereocenters. The standard InChI is InChI=1S/C10H16N2O2S/c11-4-1-8-9(12-14-10(8)13)7-2-5-15-6-3-7/h7,12H,1-6,11H2. The van der Waals surface area contributed by atoms with Crippen molar-refractivity contribution in [2.24, 2.45) is 5.73 Å². The summed E-state index contributed by atoms with van der Waals surface area (Å²) in [5, 5.41) is 2.78. The second-order valence-electron chi connectivity index (χ2n) is 3.81. The molecule has 84 valence electrons. The van der Waals surface area contributed by atoms with Gasteiger partial charge < -0.3 is 10.3 Å². The molecule has 1 aliphatic rings. The van der Waals surface area contributed by atoms with Crippen molar-refractivity contribution in [3.8, 4) is 0 Å². The molecule has 0 amide bonds. The molecule has 0 bridgehead atoms. The van der Waals surface area contributed by atoms with Gasteiger partial charge in [-0.3, -0.25) is 0 Å². The zero-order chi connectivity index (χ0) is 10.7. The van der Waals surface area contributed by atoms with Crippen LogP contribution in [0.2, 0.25) is 0 Å². The summed E-state index contributed by atoms with van der Waals surface area (Å²) in [5.41, 5.74) is 7.00. The van der Waals surface area contributed by atoms with Gasteiger partial charge in [-0.1, -0.05) is 0 Å². The van der Waals surface area contributed by atoms with Crippen LogP contribution in [0.1, 0.15) is 30.0 Å². The molecule has 4 nitrogen and oxygen atoms in total. The Balaban J connectivity index is 2.22. The lowest BCUT2D eigenvalue weighted by atomic mass is 9.95. The van der Waals surface area contributed by atoms with E-state index in [1.165, 1.54) is 11.5 Å². The molecule has 0 aromatic carbocycles. The van der Waals surface area contributed by atoms with Crippen LogP contribution in [-0.4, -0.2) is 23.2 Å². The molecule has 0 atom stereocenters. The number of H-pyrrole nitrogens is 1. The Morgan fingerprint density at radius 3 is 2.87 bits per heavy atom. The fourth-order valence-corrected chi connectivity index (χ4v) is 3.14. The van der Waals surface area contributed by atoms with E-state index in [-0.39, 0.29) is 5.63 Å². The van der Waals surface area contributed by atoms with Gasteiger partial charge in [-0.15, -0.1) is 0 Å². The van der Waals surface area contributed by atoms with Gasteiger partial charge in [-0.05, 0) is 37.3 Å². The fourth-order valence-electron chi connectivity index (χ4n) is 2.03. The quantitative estimate of drug-likeness (QED) is 0.812. The molecular weight excluding hydrogens is 212 g/mol. The summed E-state index contributed by atoms with van der Waals surface area (Å²) in [7, 11) is 0. The third-order valence-corrected chi connectivity index (χ3v) is 3.90. The summed E-state index contributed by atoms with van der Waals surface area (Å²) in [6.07, 6.45) is 2.86. The van der Waals surface area contributed by atoms with Crippen LogP contribution in [0, 0.1) is 0 Å².